The van der Waals surface area contributed by atoms with Crippen molar-refractivity contribution in [2.45, 2.75) is 110 Å². The van der Waals surface area contributed by atoms with E-state index in [9.17, 15) is 14.7 Å². The fraction of sp³-hybridized carbons (Fsp3) is 0.474. The molecule has 0 unspecified atom stereocenters. The number of carbonyl (C=O) groups excluding carboxylic acids is 1. The molecule has 2 aromatic carbocycles. The van der Waals surface area contributed by atoms with Gasteiger partial charge in [0.1, 0.15) is 17.1 Å². The molecule has 0 amide bonds. The molecule has 43 heavy (non-hydrogen) atoms. The van der Waals surface area contributed by atoms with Crippen LogP contribution >= 0.6 is 0 Å². The van der Waals surface area contributed by atoms with Gasteiger partial charge in [-0.1, -0.05) is 121 Å². The number of benzene rings is 3. The number of phenolic OH excluding ortho intramolecular Hbond substituents is 1. The second-order valence-electron chi connectivity index (χ2n) is 11.8. The van der Waals surface area contributed by atoms with Crippen molar-refractivity contribution in [3.05, 3.63) is 76.5 Å². The van der Waals surface area contributed by atoms with Gasteiger partial charge in [0.05, 0.1) is 12.2 Å². The van der Waals surface area contributed by atoms with E-state index in [1.807, 2.05) is 18.2 Å². The number of aromatic hydroxyl groups is 1. The van der Waals surface area contributed by atoms with Gasteiger partial charge < -0.3 is 14.3 Å². The van der Waals surface area contributed by atoms with Gasteiger partial charge in [0.15, 0.2) is 5.43 Å². The van der Waals surface area contributed by atoms with Crippen LogP contribution in [-0.2, 0) is 4.74 Å². The van der Waals surface area contributed by atoms with Crippen LogP contribution in [0.2, 0.25) is 0 Å². The molecule has 4 rings (SSSR count). The zero-order valence-corrected chi connectivity index (χ0v) is 25.9. The van der Waals surface area contributed by atoms with E-state index in [-0.39, 0.29) is 17.1 Å². The summed E-state index contributed by atoms with van der Waals surface area (Å²) in [5.41, 5.74) is 2.92. The number of esters is 1. The van der Waals surface area contributed by atoms with Crippen molar-refractivity contribution in [2.24, 2.45) is 0 Å². The summed E-state index contributed by atoms with van der Waals surface area (Å²) in [4.78, 5) is 25.3. The average Bonchev–Trinajstić information content (AvgIpc) is 3.01. The number of fused-ring (bicyclic) bond motifs is 2. The lowest BCUT2D eigenvalue weighted by atomic mass is 9.91. The van der Waals surface area contributed by atoms with Crippen molar-refractivity contribution in [3.8, 4) is 28.2 Å². The molecule has 1 N–H and O–H groups in total. The largest absolute Gasteiger partial charge is 0.508 e. The molecule has 0 bridgehead atoms. The molecule has 0 radical (unpaired) electrons. The third-order valence-electron chi connectivity index (χ3n) is 8.32. The highest BCUT2D eigenvalue weighted by atomic mass is 16.5. The van der Waals surface area contributed by atoms with Crippen molar-refractivity contribution >= 4 is 16.9 Å². The van der Waals surface area contributed by atoms with Gasteiger partial charge in [0.2, 0.25) is 0 Å². The normalized spacial score (nSPS) is 11.4. The smallest absolute Gasteiger partial charge is 0.338 e. The van der Waals surface area contributed by atoms with Crippen LogP contribution in [0.25, 0.3) is 33.4 Å². The molecule has 2 aliphatic rings. The predicted molar refractivity (Wildman–Crippen MR) is 176 cm³/mol. The van der Waals surface area contributed by atoms with Gasteiger partial charge in [0, 0.05) is 28.6 Å². The van der Waals surface area contributed by atoms with E-state index >= 15 is 0 Å². The maximum atomic E-state index is 13.2. The van der Waals surface area contributed by atoms with Crippen LogP contribution in [0.15, 0.2) is 69.9 Å². The first kappa shape index (κ1) is 32.3. The highest BCUT2D eigenvalue weighted by Crippen LogP contribution is 2.41. The van der Waals surface area contributed by atoms with Crippen molar-refractivity contribution in [3.63, 3.8) is 0 Å². The summed E-state index contributed by atoms with van der Waals surface area (Å²) in [6.07, 6.45) is 20.8. The summed E-state index contributed by atoms with van der Waals surface area (Å²) in [6.45, 7) is 2.67. The first-order valence-corrected chi connectivity index (χ1v) is 16.5. The van der Waals surface area contributed by atoms with E-state index in [1.54, 1.807) is 24.3 Å². The molecule has 0 saturated carbocycles. The van der Waals surface area contributed by atoms with Gasteiger partial charge in [-0.2, -0.15) is 0 Å². The summed E-state index contributed by atoms with van der Waals surface area (Å²) in [5, 5.41) is 10.8. The summed E-state index contributed by atoms with van der Waals surface area (Å²) in [7, 11) is 0. The topological polar surface area (TPSA) is 76.7 Å². The van der Waals surface area contributed by atoms with Crippen LogP contribution in [0.5, 0.6) is 5.75 Å². The van der Waals surface area contributed by atoms with Crippen molar-refractivity contribution < 1.29 is 19.1 Å². The van der Waals surface area contributed by atoms with Crippen LogP contribution < -0.4 is 5.43 Å². The summed E-state index contributed by atoms with van der Waals surface area (Å²) < 4.78 is 11.7. The van der Waals surface area contributed by atoms with Crippen LogP contribution in [-0.4, -0.2) is 17.7 Å². The van der Waals surface area contributed by atoms with Crippen molar-refractivity contribution in [1.82, 2.24) is 0 Å². The quantitative estimate of drug-likeness (QED) is 0.0674. The molecule has 5 nitrogen and oxygen atoms in total. The van der Waals surface area contributed by atoms with Gasteiger partial charge >= 0.3 is 5.97 Å². The Balaban J connectivity index is 1.21. The van der Waals surface area contributed by atoms with Crippen LogP contribution in [0, 0.1) is 0 Å². The lowest BCUT2D eigenvalue weighted by molar-refractivity contribution is 0.0498. The van der Waals surface area contributed by atoms with E-state index < -0.39 is 0 Å². The number of phenols is 1. The molecule has 0 spiro atoms. The second kappa shape index (κ2) is 17.5. The third kappa shape index (κ3) is 9.71. The van der Waals surface area contributed by atoms with E-state index in [2.05, 4.69) is 6.92 Å². The Bertz CT molecular complexity index is 1450. The molecule has 1 aliphatic heterocycles. The Morgan fingerprint density at radius 1 is 0.698 bits per heavy atom. The zero-order chi connectivity index (χ0) is 30.3. The monoisotopic (exact) mass is 584 g/mol. The van der Waals surface area contributed by atoms with Crippen LogP contribution in [0.3, 0.4) is 0 Å². The lowest BCUT2D eigenvalue weighted by Crippen LogP contribution is -2.09. The molecule has 0 aromatic heterocycles. The Labute approximate surface area is 256 Å². The lowest BCUT2D eigenvalue weighted by Gasteiger charge is -2.17. The molecular weight excluding hydrogens is 536 g/mol. The fourth-order valence-electron chi connectivity index (χ4n) is 5.92. The van der Waals surface area contributed by atoms with Gasteiger partial charge in [0.25, 0.3) is 0 Å². The van der Waals surface area contributed by atoms with Crippen molar-refractivity contribution in [2.75, 3.05) is 6.61 Å². The number of carbonyl (C=O) groups is 1. The van der Waals surface area contributed by atoms with Crippen LogP contribution in [0.1, 0.15) is 120 Å². The van der Waals surface area contributed by atoms with E-state index in [0.717, 1.165) is 29.4 Å². The SMILES string of the molecule is CCCCCCCCCCCCCCCCCCOC(=O)c1ccccc1-c1c2ccc(=O)cc-2oc2cc(O)ccc12. The molecule has 1 heterocycles. The number of hydrogen-bond acceptors (Lipinski definition) is 5. The van der Waals surface area contributed by atoms with E-state index in [4.69, 9.17) is 9.15 Å². The van der Waals surface area contributed by atoms with Crippen LogP contribution in [0.4, 0.5) is 0 Å². The molecular formula is C38H48O5. The molecule has 0 atom stereocenters. The number of hydrogen-bond donors (Lipinski definition) is 1. The second-order valence-corrected chi connectivity index (χ2v) is 11.8. The number of rotatable bonds is 19. The Morgan fingerprint density at radius 3 is 1.95 bits per heavy atom. The summed E-state index contributed by atoms with van der Waals surface area (Å²) in [6, 6.07) is 16.9. The van der Waals surface area contributed by atoms with Gasteiger partial charge in [-0.05, 0) is 42.3 Å². The first-order valence-electron chi connectivity index (χ1n) is 16.5. The average molecular weight is 585 g/mol. The van der Waals surface area contributed by atoms with Gasteiger partial charge in [-0.25, -0.2) is 4.79 Å². The minimum absolute atomic E-state index is 0.0614. The number of ether oxygens (including phenoxy) is 1. The molecule has 5 heteroatoms. The maximum Gasteiger partial charge on any atom is 0.338 e. The first-order chi connectivity index (χ1) is 21.1. The minimum atomic E-state index is -0.363. The van der Waals surface area contributed by atoms with Crippen molar-refractivity contribution in [1.29, 1.82) is 0 Å². The standard InChI is InChI=1S/C38H48O5/c1-2-3-4-5-6-7-8-9-10-11-12-13-14-15-16-19-26-42-38(41)32-21-18-17-20-31(32)37-33-24-22-29(39)27-35(33)43-36-28-30(40)23-25-34(36)37/h17-18,20-25,27-28,39H,2-16,19,26H2,1H3. The highest BCUT2D eigenvalue weighted by molar-refractivity contribution is 6.07. The Hall–Kier alpha value is -3.60. The molecule has 230 valence electrons. The minimum Gasteiger partial charge on any atom is -0.508 e. The molecule has 0 saturated heterocycles. The fourth-order valence-corrected chi connectivity index (χ4v) is 5.92. The Kier molecular flexibility index (Phi) is 13.2. The predicted octanol–water partition coefficient (Wildman–Crippen LogP) is 10.7. The van der Waals surface area contributed by atoms with E-state index in [0.29, 0.717) is 29.1 Å². The van der Waals surface area contributed by atoms with Gasteiger partial charge in [-0.15, -0.1) is 0 Å². The maximum absolute atomic E-state index is 13.2. The Morgan fingerprint density at radius 2 is 1.30 bits per heavy atom. The molecule has 2 aromatic rings. The van der Waals surface area contributed by atoms with Gasteiger partial charge in [-0.3, -0.25) is 4.79 Å². The highest BCUT2D eigenvalue weighted by Gasteiger charge is 2.22. The van der Waals surface area contributed by atoms with E-state index in [1.165, 1.54) is 108 Å². The molecule has 0 fully saturated rings. The summed E-state index contributed by atoms with van der Waals surface area (Å²) in [5.74, 6) is 0.0983. The molecule has 1 aliphatic carbocycles. The zero-order valence-electron chi connectivity index (χ0n) is 25.9. The summed E-state index contributed by atoms with van der Waals surface area (Å²) >= 11 is 0. The third-order valence-corrected chi connectivity index (χ3v) is 8.32. The number of unbranched alkanes of at least 4 members (excludes halogenated alkanes) is 15.